The monoisotopic (exact) mass is 285 g/mol. The Morgan fingerprint density at radius 3 is 2.38 bits per heavy atom. The lowest BCUT2D eigenvalue weighted by atomic mass is 10.0. The average molecular weight is 285 g/mol. The highest BCUT2D eigenvalue weighted by molar-refractivity contribution is 5.35. The molecule has 0 aromatic heterocycles. The Morgan fingerprint density at radius 2 is 1.62 bits per heavy atom. The highest BCUT2D eigenvalue weighted by Gasteiger charge is 2.11. The molecule has 0 spiro atoms. The van der Waals surface area contributed by atoms with E-state index in [1.165, 1.54) is 0 Å². The van der Waals surface area contributed by atoms with Crippen LogP contribution in [0.4, 0.5) is 0 Å². The summed E-state index contributed by atoms with van der Waals surface area (Å²) in [6.45, 7) is 3.40. The van der Waals surface area contributed by atoms with Crippen LogP contribution < -0.4 is 15.2 Å². The van der Waals surface area contributed by atoms with Crippen LogP contribution in [0, 0.1) is 0 Å². The molecule has 1 atom stereocenters. The summed E-state index contributed by atoms with van der Waals surface area (Å²) in [5.74, 6) is 1.76. The molecule has 1 unspecified atom stereocenters. The van der Waals surface area contributed by atoms with Crippen LogP contribution in [-0.2, 0) is 0 Å². The molecule has 0 fully saturated rings. The highest BCUT2D eigenvalue weighted by atomic mass is 16.5. The summed E-state index contributed by atoms with van der Waals surface area (Å²) in [7, 11) is 0. The van der Waals surface area contributed by atoms with E-state index in [2.05, 4.69) is 6.92 Å². The molecule has 0 bridgehead atoms. The van der Waals surface area contributed by atoms with E-state index in [-0.39, 0.29) is 6.04 Å². The van der Waals surface area contributed by atoms with Gasteiger partial charge in [0.25, 0.3) is 0 Å². The fraction of sp³-hybridized carbons (Fsp3) is 0.333. The second kappa shape index (κ2) is 8.32. The Hall–Kier alpha value is -2.00. The van der Waals surface area contributed by atoms with Crippen LogP contribution in [-0.4, -0.2) is 13.2 Å². The van der Waals surface area contributed by atoms with E-state index in [0.29, 0.717) is 13.2 Å². The summed E-state index contributed by atoms with van der Waals surface area (Å²) in [5, 5.41) is 0. The number of hydrogen-bond donors (Lipinski definition) is 1. The van der Waals surface area contributed by atoms with Gasteiger partial charge in [-0.05, 0) is 24.6 Å². The van der Waals surface area contributed by atoms with Gasteiger partial charge in [-0.15, -0.1) is 0 Å². The van der Waals surface area contributed by atoms with Crippen LogP contribution >= 0.6 is 0 Å². The minimum absolute atomic E-state index is 0.0817. The third-order valence-electron chi connectivity index (χ3n) is 3.22. The Morgan fingerprint density at radius 1 is 0.905 bits per heavy atom. The lowest BCUT2D eigenvalue weighted by Gasteiger charge is -2.17. The first-order chi connectivity index (χ1) is 10.3. The molecule has 2 aromatic carbocycles. The molecule has 3 nitrogen and oxygen atoms in total. The molecule has 0 saturated heterocycles. The van der Waals surface area contributed by atoms with Crippen molar-refractivity contribution in [2.75, 3.05) is 13.2 Å². The van der Waals surface area contributed by atoms with Crippen molar-refractivity contribution in [3.63, 3.8) is 0 Å². The van der Waals surface area contributed by atoms with Crippen LogP contribution in [0.3, 0.4) is 0 Å². The Balaban J connectivity index is 1.89. The molecule has 2 aromatic rings. The maximum absolute atomic E-state index is 6.27. The summed E-state index contributed by atoms with van der Waals surface area (Å²) in [6.07, 6.45) is 1.74. The molecular formula is C18H23NO2. The number of ether oxygens (including phenoxy) is 2. The number of para-hydroxylation sites is 2. The lowest BCUT2D eigenvalue weighted by molar-refractivity contribution is 0.290. The minimum atomic E-state index is -0.0817. The second-order valence-electron chi connectivity index (χ2n) is 4.94. The van der Waals surface area contributed by atoms with Crippen molar-refractivity contribution >= 4 is 0 Å². The molecule has 0 heterocycles. The van der Waals surface area contributed by atoms with Crippen molar-refractivity contribution in [3.05, 3.63) is 60.2 Å². The van der Waals surface area contributed by atoms with Gasteiger partial charge in [0.1, 0.15) is 11.5 Å². The average Bonchev–Trinajstić information content (AvgIpc) is 2.54. The van der Waals surface area contributed by atoms with Gasteiger partial charge in [-0.3, -0.25) is 0 Å². The highest BCUT2D eigenvalue weighted by Crippen LogP contribution is 2.26. The van der Waals surface area contributed by atoms with E-state index in [9.17, 15) is 0 Å². The van der Waals surface area contributed by atoms with Gasteiger partial charge < -0.3 is 15.2 Å². The van der Waals surface area contributed by atoms with Gasteiger partial charge in [0.2, 0.25) is 0 Å². The molecule has 0 saturated carbocycles. The molecule has 112 valence electrons. The Kier molecular flexibility index (Phi) is 6.10. The third-order valence-corrected chi connectivity index (χ3v) is 3.22. The number of benzene rings is 2. The van der Waals surface area contributed by atoms with Crippen molar-refractivity contribution in [2.45, 2.75) is 25.8 Å². The van der Waals surface area contributed by atoms with Gasteiger partial charge in [0.05, 0.1) is 13.2 Å². The van der Waals surface area contributed by atoms with Gasteiger partial charge in [-0.1, -0.05) is 43.3 Å². The van der Waals surface area contributed by atoms with Crippen molar-refractivity contribution in [1.29, 1.82) is 0 Å². The fourth-order valence-electron chi connectivity index (χ4n) is 2.11. The number of hydrogen-bond acceptors (Lipinski definition) is 3. The third kappa shape index (κ3) is 4.80. The van der Waals surface area contributed by atoms with E-state index < -0.39 is 0 Å². The molecule has 2 rings (SSSR count). The second-order valence-corrected chi connectivity index (χ2v) is 4.94. The Labute approximate surface area is 126 Å². The summed E-state index contributed by atoms with van der Waals surface area (Å²) in [5.41, 5.74) is 7.32. The zero-order chi connectivity index (χ0) is 14.9. The summed E-state index contributed by atoms with van der Waals surface area (Å²) in [6, 6.07) is 17.7. The molecule has 0 aliphatic carbocycles. The van der Waals surface area contributed by atoms with E-state index in [1.54, 1.807) is 0 Å². The molecule has 3 heteroatoms. The van der Waals surface area contributed by atoms with E-state index >= 15 is 0 Å². The molecular weight excluding hydrogens is 262 g/mol. The topological polar surface area (TPSA) is 44.5 Å². The summed E-state index contributed by atoms with van der Waals surface area (Å²) >= 11 is 0. The maximum atomic E-state index is 6.27. The van der Waals surface area contributed by atoms with Gasteiger partial charge in [0, 0.05) is 18.0 Å². The number of rotatable bonds is 8. The molecule has 2 N–H and O–H groups in total. The van der Waals surface area contributed by atoms with E-state index in [1.807, 2.05) is 54.6 Å². The molecule has 21 heavy (non-hydrogen) atoms. The fourth-order valence-corrected chi connectivity index (χ4v) is 2.11. The normalized spacial score (nSPS) is 11.9. The lowest BCUT2D eigenvalue weighted by Crippen LogP contribution is -2.15. The first-order valence-electron chi connectivity index (χ1n) is 7.46. The summed E-state index contributed by atoms with van der Waals surface area (Å²) in [4.78, 5) is 0. The first kappa shape index (κ1) is 15.4. The molecule has 0 amide bonds. The predicted octanol–water partition coefficient (Wildman–Crippen LogP) is 3.94. The van der Waals surface area contributed by atoms with Gasteiger partial charge in [0.15, 0.2) is 0 Å². The first-order valence-corrected chi connectivity index (χ1v) is 7.46. The Bertz CT molecular complexity index is 528. The van der Waals surface area contributed by atoms with Crippen LogP contribution in [0.5, 0.6) is 11.5 Å². The zero-order valence-electron chi connectivity index (χ0n) is 12.5. The van der Waals surface area contributed by atoms with Crippen LogP contribution in [0.25, 0.3) is 0 Å². The van der Waals surface area contributed by atoms with Gasteiger partial charge in [-0.2, -0.15) is 0 Å². The summed E-state index contributed by atoms with van der Waals surface area (Å²) < 4.78 is 11.4. The van der Waals surface area contributed by atoms with Crippen molar-refractivity contribution in [3.8, 4) is 11.5 Å². The maximum Gasteiger partial charge on any atom is 0.124 e. The quantitative estimate of drug-likeness (QED) is 0.799. The number of nitrogens with two attached hydrogens (primary N) is 1. The van der Waals surface area contributed by atoms with E-state index in [4.69, 9.17) is 15.2 Å². The minimum Gasteiger partial charge on any atom is -0.494 e. The van der Waals surface area contributed by atoms with Gasteiger partial charge >= 0.3 is 0 Å². The van der Waals surface area contributed by atoms with E-state index in [0.717, 1.165) is 29.9 Å². The standard InChI is InChI=1S/C18H23NO2/c1-2-13-21-18-11-7-6-10-16(18)17(19)12-14-20-15-8-4-3-5-9-15/h3-11,17H,2,12-14,19H2,1H3. The SMILES string of the molecule is CCCOc1ccccc1C(N)CCOc1ccccc1. The zero-order valence-corrected chi connectivity index (χ0v) is 12.5. The van der Waals surface area contributed by atoms with Crippen molar-refractivity contribution < 1.29 is 9.47 Å². The smallest absolute Gasteiger partial charge is 0.124 e. The van der Waals surface area contributed by atoms with Crippen LogP contribution in [0.15, 0.2) is 54.6 Å². The van der Waals surface area contributed by atoms with Crippen LogP contribution in [0.1, 0.15) is 31.4 Å². The van der Waals surface area contributed by atoms with Crippen LogP contribution in [0.2, 0.25) is 0 Å². The van der Waals surface area contributed by atoms with Crippen molar-refractivity contribution in [2.24, 2.45) is 5.73 Å². The molecule has 0 aliphatic rings. The van der Waals surface area contributed by atoms with Gasteiger partial charge in [-0.25, -0.2) is 0 Å². The molecule has 0 aliphatic heterocycles. The molecule has 0 radical (unpaired) electrons. The predicted molar refractivity (Wildman–Crippen MR) is 85.7 cm³/mol. The largest absolute Gasteiger partial charge is 0.494 e. The van der Waals surface area contributed by atoms with Crippen molar-refractivity contribution in [1.82, 2.24) is 0 Å².